The zero-order valence-electron chi connectivity index (χ0n) is 28.3. The average molecular weight is 677 g/mol. The minimum atomic E-state index is -1.09. The fourth-order valence-corrected chi connectivity index (χ4v) is 5.61. The normalized spacial score (nSPS) is 11.5. The summed E-state index contributed by atoms with van der Waals surface area (Å²) in [6, 6.07) is 24.3. The summed E-state index contributed by atoms with van der Waals surface area (Å²) >= 11 is 0. The highest BCUT2D eigenvalue weighted by Crippen LogP contribution is 2.35. The Morgan fingerprint density at radius 2 is 1.66 bits per heavy atom. The third kappa shape index (κ3) is 6.86. The number of fused-ring (bicyclic) bond motifs is 1. The summed E-state index contributed by atoms with van der Waals surface area (Å²) in [5, 5.41) is 14.1. The Balaban J connectivity index is 1.35. The summed E-state index contributed by atoms with van der Waals surface area (Å²) in [4.78, 5) is 44.0. The number of hydrogen-bond donors (Lipinski definition) is 2. The molecule has 6 aromatic rings. The predicted molar refractivity (Wildman–Crippen MR) is 186 cm³/mol. The topological polar surface area (TPSA) is 159 Å². The number of nitrogens with one attached hydrogen (secondary N) is 1. The summed E-state index contributed by atoms with van der Waals surface area (Å²) in [7, 11) is 1.51. The number of benzene rings is 4. The van der Waals surface area contributed by atoms with Crippen LogP contribution in [0.1, 0.15) is 54.7 Å². The lowest BCUT2D eigenvalue weighted by molar-refractivity contribution is -0.143. The van der Waals surface area contributed by atoms with Crippen molar-refractivity contribution in [3.8, 4) is 40.0 Å². The van der Waals surface area contributed by atoms with E-state index in [2.05, 4.69) is 10.1 Å². The zero-order chi connectivity index (χ0) is 35.6. The second kappa shape index (κ2) is 13.7. The van der Waals surface area contributed by atoms with Gasteiger partial charge in [-0.15, -0.1) is 0 Å². The lowest BCUT2D eigenvalue weighted by Crippen LogP contribution is -2.25. The average Bonchev–Trinajstić information content (AvgIpc) is 3.69. The molecule has 50 heavy (non-hydrogen) atoms. The van der Waals surface area contributed by atoms with Crippen LogP contribution < -0.4 is 20.0 Å². The Morgan fingerprint density at radius 3 is 2.30 bits per heavy atom. The molecule has 6 rings (SSSR count). The molecular weight excluding hydrogens is 640 g/mol. The van der Waals surface area contributed by atoms with Gasteiger partial charge in [-0.05, 0) is 80.1 Å². The highest BCUT2D eigenvalue weighted by molar-refractivity contribution is 6.02. The standard InChI is InChI=1S/C38H36N4O8/c1-6-48-36-39-31-25(19-23-13-18-29(30(20-23)47-5)49-35(45)38(2,3)4)16-17-28(34(43)44)32(31)42(36)21-22-11-14-24(15-12-22)26-9-7-8-10-27(26)33-40-37(46)50-41-33/h7-18,20H,6,19,21H2,1-5H3,(H,43,44)(H,40,41,46). The Bertz CT molecular complexity index is 2260. The van der Waals surface area contributed by atoms with Gasteiger partial charge in [0.25, 0.3) is 6.01 Å². The molecule has 4 aromatic carbocycles. The molecule has 12 heteroatoms. The van der Waals surface area contributed by atoms with Crippen LogP contribution in [0.25, 0.3) is 33.5 Å². The first-order chi connectivity index (χ1) is 24.0. The molecule has 2 heterocycles. The maximum absolute atomic E-state index is 12.5. The maximum Gasteiger partial charge on any atom is 0.439 e. The monoisotopic (exact) mass is 676 g/mol. The summed E-state index contributed by atoms with van der Waals surface area (Å²) in [6.07, 6.45) is 0.397. The lowest BCUT2D eigenvalue weighted by atomic mass is 9.97. The predicted octanol–water partition coefficient (Wildman–Crippen LogP) is 6.74. The van der Waals surface area contributed by atoms with Gasteiger partial charge in [0.05, 0.1) is 42.3 Å². The van der Waals surface area contributed by atoms with Crippen molar-refractivity contribution in [2.45, 2.75) is 40.7 Å². The third-order valence-electron chi connectivity index (χ3n) is 8.11. The second-order valence-electron chi connectivity index (χ2n) is 12.7. The number of H-pyrrole nitrogens is 1. The van der Waals surface area contributed by atoms with Crippen molar-refractivity contribution >= 4 is 23.0 Å². The van der Waals surface area contributed by atoms with Gasteiger partial charge in [0.2, 0.25) is 0 Å². The van der Waals surface area contributed by atoms with Crippen molar-refractivity contribution in [1.82, 2.24) is 19.7 Å². The quantitative estimate of drug-likeness (QED) is 0.111. The number of rotatable bonds is 11. The van der Waals surface area contributed by atoms with E-state index in [1.165, 1.54) is 7.11 Å². The molecular formula is C38H36N4O8. The first kappa shape index (κ1) is 33.7. The molecule has 0 radical (unpaired) electrons. The minimum absolute atomic E-state index is 0.0939. The van der Waals surface area contributed by atoms with E-state index < -0.39 is 17.1 Å². The van der Waals surface area contributed by atoms with Crippen LogP contribution in [0.2, 0.25) is 0 Å². The highest BCUT2D eigenvalue weighted by Gasteiger charge is 2.26. The van der Waals surface area contributed by atoms with Gasteiger partial charge in [0, 0.05) is 5.56 Å². The molecule has 2 aromatic heterocycles. The van der Waals surface area contributed by atoms with Gasteiger partial charge in [0.1, 0.15) is 0 Å². The van der Waals surface area contributed by atoms with Crippen LogP contribution in [0.3, 0.4) is 0 Å². The van der Waals surface area contributed by atoms with Crippen molar-refractivity contribution < 1.29 is 33.4 Å². The Morgan fingerprint density at radius 1 is 0.940 bits per heavy atom. The largest absolute Gasteiger partial charge is 0.493 e. The van der Waals surface area contributed by atoms with Crippen LogP contribution in [0.4, 0.5) is 0 Å². The number of methoxy groups -OCH3 is 1. The van der Waals surface area contributed by atoms with Crippen LogP contribution in [0.5, 0.6) is 17.5 Å². The van der Waals surface area contributed by atoms with Crippen molar-refractivity contribution in [1.29, 1.82) is 0 Å². The number of nitrogens with zero attached hydrogens (tertiary/aromatic N) is 3. The molecule has 0 aliphatic rings. The lowest BCUT2D eigenvalue weighted by Gasteiger charge is -2.18. The summed E-state index contributed by atoms with van der Waals surface area (Å²) in [5.74, 6) is -1.06. The van der Waals surface area contributed by atoms with E-state index >= 15 is 0 Å². The number of ether oxygens (including phenoxy) is 3. The van der Waals surface area contributed by atoms with E-state index in [9.17, 15) is 19.5 Å². The Kier molecular flexibility index (Phi) is 9.27. The molecule has 2 N–H and O–H groups in total. The number of aromatic amines is 1. The number of hydrogen-bond acceptors (Lipinski definition) is 9. The Hall–Kier alpha value is -6.17. The minimum Gasteiger partial charge on any atom is -0.493 e. The van der Waals surface area contributed by atoms with Gasteiger partial charge in [0.15, 0.2) is 17.3 Å². The molecule has 0 fully saturated rings. The molecule has 12 nitrogen and oxygen atoms in total. The van der Waals surface area contributed by atoms with Crippen molar-refractivity contribution in [2.24, 2.45) is 5.41 Å². The van der Waals surface area contributed by atoms with E-state index in [-0.39, 0.29) is 18.1 Å². The van der Waals surface area contributed by atoms with E-state index in [0.29, 0.717) is 53.0 Å². The molecule has 256 valence electrons. The number of carbonyl (C=O) groups excluding carboxylic acids is 1. The fourth-order valence-electron chi connectivity index (χ4n) is 5.61. The molecule has 0 atom stereocenters. The number of carbonyl (C=O) groups is 2. The van der Waals surface area contributed by atoms with Gasteiger partial charge in [-0.3, -0.25) is 18.9 Å². The third-order valence-corrected chi connectivity index (χ3v) is 8.11. The van der Waals surface area contributed by atoms with Gasteiger partial charge in [-0.2, -0.15) is 4.98 Å². The number of esters is 1. The van der Waals surface area contributed by atoms with Gasteiger partial charge in [-0.1, -0.05) is 65.8 Å². The Labute approximate surface area is 287 Å². The fraction of sp³-hybridized carbons (Fsp3) is 0.237. The number of imidazole rings is 1. The molecule has 0 aliphatic heterocycles. The summed E-state index contributed by atoms with van der Waals surface area (Å²) < 4.78 is 23.6. The number of aromatic nitrogens is 4. The van der Waals surface area contributed by atoms with Gasteiger partial charge < -0.3 is 19.3 Å². The SMILES string of the molecule is CCOc1nc2c(Cc3ccc(OC(=O)C(C)(C)C)c(OC)c3)ccc(C(=O)O)c2n1Cc1ccc(-c2ccccc2-c2noc(=O)[nH]2)cc1. The molecule has 0 saturated carbocycles. The van der Waals surface area contributed by atoms with Crippen LogP contribution in [0.15, 0.2) is 88.2 Å². The maximum atomic E-state index is 12.5. The number of carboxylic acid groups (broad SMARTS) is 1. The molecule has 0 saturated heterocycles. The van der Waals surface area contributed by atoms with Crippen molar-refractivity contribution in [3.05, 3.63) is 112 Å². The molecule has 0 spiro atoms. The van der Waals surface area contributed by atoms with E-state index in [1.807, 2.05) is 61.5 Å². The van der Waals surface area contributed by atoms with Crippen LogP contribution in [-0.2, 0) is 17.8 Å². The summed E-state index contributed by atoms with van der Waals surface area (Å²) in [5.41, 5.74) is 5.30. The van der Waals surface area contributed by atoms with Gasteiger partial charge >= 0.3 is 17.7 Å². The smallest absolute Gasteiger partial charge is 0.439 e. The van der Waals surface area contributed by atoms with E-state index in [1.54, 1.807) is 49.6 Å². The summed E-state index contributed by atoms with van der Waals surface area (Å²) in [6.45, 7) is 7.79. The highest BCUT2D eigenvalue weighted by atomic mass is 16.6. The zero-order valence-corrected chi connectivity index (χ0v) is 28.3. The van der Waals surface area contributed by atoms with E-state index in [0.717, 1.165) is 27.8 Å². The molecule has 0 bridgehead atoms. The van der Waals surface area contributed by atoms with Gasteiger partial charge in [-0.25, -0.2) is 9.59 Å². The van der Waals surface area contributed by atoms with Crippen LogP contribution in [0, 0.1) is 5.41 Å². The first-order valence-corrected chi connectivity index (χ1v) is 16.0. The molecule has 0 unspecified atom stereocenters. The van der Waals surface area contributed by atoms with Crippen LogP contribution in [-0.4, -0.2) is 50.5 Å². The molecule has 0 amide bonds. The van der Waals surface area contributed by atoms with Crippen molar-refractivity contribution in [2.75, 3.05) is 13.7 Å². The van der Waals surface area contributed by atoms with Crippen molar-refractivity contribution in [3.63, 3.8) is 0 Å². The number of carboxylic acids is 1. The second-order valence-corrected chi connectivity index (χ2v) is 12.7. The number of aromatic carboxylic acids is 1. The molecule has 0 aliphatic carbocycles. The first-order valence-electron chi connectivity index (χ1n) is 16.0. The van der Waals surface area contributed by atoms with E-state index in [4.69, 9.17) is 23.7 Å². The van der Waals surface area contributed by atoms with Crippen LogP contribution >= 0.6 is 0 Å².